The van der Waals surface area contributed by atoms with E-state index in [1.165, 1.54) is 11.0 Å². The van der Waals surface area contributed by atoms with Gasteiger partial charge in [0.1, 0.15) is 0 Å². The molecule has 0 bridgehead atoms. The zero-order chi connectivity index (χ0) is 16.1. The molecule has 0 aromatic heterocycles. The maximum absolute atomic E-state index is 12.3. The quantitative estimate of drug-likeness (QED) is 0.606. The summed E-state index contributed by atoms with van der Waals surface area (Å²) in [6.45, 7) is 0.819. The fourth-order valence-corrected chi connectivity index (χ4v) is 3.45. The van der Waals surface area contributed by atoms with Crippen molar-refractivity contribution in [1.29, 1.82) is 0 Å². The number of hydrogen-bond donors (Lipinski definition) is 1. The number of carbonyl (C=O) groups excluding carboxylic acids is 2. The minimum absolute atomic E-state index is 0.102. The van der Waals surface area contributed by atoms with Gasteiger partial charge in [-0.25, -0.2) is 4.79 Å². The Kier molecular flexibility index (Phi) is 5.57. The fourth-order valence-electron chi connectivity index (χ4n) is 2.25. The number of ether oxygens (including phenoxy) is 1. The number of methoxy groups -OCH3 is 1. The van der Waals surface area contributed by atoms with Crippen molar-refractivity contribution in [2.45, 2.75) is 23.0 Å². The van der Waals surface area contributed by atoms with Crippen molar-refractivity contribution in [3.05, 3.63) is 29.8 Å². The van der Waals surface area contributed by atoms with E-state index in [2.05, 4.69) is 0 Å². The van der Waals surface area contributed by atoms with Crippen LogP contribution in [0, 0.1) is 0 Å². The van der Waals surface area contributed by atoms with Gasteiger partial charge in [-0.15, -0.1) is 11.8 Å². The Morgan fingerprint density at radius 2 is 2.14 bits per heavy atom. The lowest BCUT2D eigenvalue weighted by Gasteiger charge is -2.14. The van der Waals surface area contributed by atoms with Crippen molar-refractivity contribution in [1.82, 2.24) is 4.90 Å². The van der Waals surface area contributed by atoms with Crippen LogP contribution in [-0.2, 0) is 14.3 Å². The summed E-state index contributed by atoms with van der Waals surface area (Å²) >= 11 is 1.14. The number of rotatable bonds is 7. The molecule has 1 aliphatic heterocycles. The molecule has 1 N–H and O–H groups in total. The van der Waals surface area contributed by atoms with Crippen molar-refractivity contribution in [2.75, 3.05) is 20.3 Å². The number of carboxylic acids is 1. The van der Waals surface area contributed by atoms with Crippen molar-refractivity contribution >= 4 is 29.5 Å². The molecule has 1 aromatic rings. The van der Waals surface area contributed by atoms with Gasteiger partial charge in [-0.1, -0.05) is 12.1 Å². The Labute approximate surface area is 132 Å². The number of likely N-dealkylation sites (tertiary alicyclic amines) is 1. The van der Waals surface area contributed by atoms with Gasteiger partial charge in [0.15, 0.2) is 0 Å². The third kappa shape index (κ3) is 3.66. The number of nitrogens with zero attached hydrogens (tertiary/aromatic N) is 1. The van der Waals surface area contributed by atoms with Crippen molar-refractivity contribution < 1.29 is 24.2 Å². The molecule has 0 saturated carbocycles. The second kappa shape index (κ2) is 7.42. The predicted molar refractivity (Wildman–Crippen MR) is 80.9 cm³/mol. The molecule has 0 radical (unpaired) electrons. The van der Waals surface area contributed by atoms with Gasteiger partial charge in [-0.2, -0.15) is 0 Å². The molecule has 1 aromatic carbocycles. The minimum atomic E-state index is -1.04. The Hall–Kier alpha value is -1.86. The van der Waals surface area contributed by atoms with E-state index in [1.807, 2.05) is 0 Å². The summed E-state index contributed by atoms with van der Waals surface area (Å²) in [5, 5.41) is 8.60. The number of aromatic carboxylic acids is 1. The molecule has 1 saturated heterocycles. The lowest BCUT2D eigenvalue weighted by Crippen LogP contribution is -2.32. The smallest absolute Gasteiger partial charge is 0.336 e. The molecule has 0 aliphatic carbocycles. The molecule has 0 unspecified atom stereocenters. The largest absolute Gasteiger partial charge is 0.478 e. The lowest BCUT2D eigenvalue weighted by atomic mass is 10.2. The van der Waals surface area contributed by atoms with Crippen LogP contribution in [0.5, 0.6) is 0 Å². The van der Waals surface area contributed by atoms with Gasteiger partial charge in [0.2, 0.25) is 11.8 Å². The van der Waals surface area contributed by atoms with Crippen LogP contribution >= 0.6 is 11.8 Å². The maximum Gasteiger partial charge on any atom is 0.336 e. The number of carboxylic acid groups (broad SMARTS) is 1. The van der Waals surface area contributed by atoms with Crippen molar-refractivity contribution in [3.63, 3.8) is 0 Å². The number of thioether (sulfide) groups is 1. The molecule has 1 aliphatic rings. The summed E-state index contributed by atoms with van der Waals surface area (Å²) in [5.41, 5.74) is 0.144. The molecule has 2 rings (SSSR count). The third-order valence-electron chi connectivity index (χ3n) is 3.32. The van der Waals surface area contributed by atoms with Crippen molar-refractivity contribution in [2.24, 2.45) is 0 Å². The monoisotopic (exact) mass is 323 g/mol. The zero-order valence-electron chi connectivity index (χ0n) is 12.2. The van der Waals surface area contributed by atoms with E-state index in [4.69, 9.17) is 9.84 Å². The molecule has 0 spiro atoms. The second-order valence-corrected chi connectivity index (χ2v) is 6.09. The normalized spacial score (nSPS) is 18.0. The first-order valence-electron chi connectivity index (χ1n) is 6.86. The van der Waals surface area contributed by atoms with E-state index < -0.39 is 11.2 Å². The topological polar surface area (TPSA) is 83.9 Å². The number of benzene rings is 1. The molecule has 22 heavy (non-hydrogen) atoms. The number of hydrogen-bond acceptors (Lipinski definition) is 5. The van der Waals surface area contributed by atoms with Crippen LogP contribution in [0.25, 0.3) is 0 Å². The summed E-state index contributed by atoms with van der Waals surface area (Å²) in [7, 11) is 1.56. The molecule has 6 nitrogen and oxygen atoms in total. The van der Waals surface area contributed by atoms with Gasteiger partial charge < -0.3 is 9.84 Å². The maximum atomic E-state index is 12.3. The van der Waals surface area contributed by atoms with Crippen LogP contribution in [0.4, 0.5) is 0 Å². The highest BCUT2D eigenvalue weighted by molar-refractivity contribution is 8.00. The van der Waals surface area contributed by atoms with Crippen LogP contribution in [0.15, 0.2) is 29.2 Å². The number of carbonyl (C=O) groups is 3. The summed E-state index contributed by atoms with van der Waals surface area (Å²) in [4.78, 5) is 37.2. The number of amides is 2. The van der Waals surface area contributed by atoms with Crippen molar-refractivity contribution in [3.8, 4) is 0 Å². The standard InChI is InChI=1S/C15H17NO5S/c1-21-8-4-7-16-13(17)9-12(14(16)18)22-11-6-3-2-5-10(11)15(19)20/h2-3,5-6,12H,4,7-9H2,1H3,(H,19,20)/t12-/m0/s1. The Balaban J connectivity index is 2.07. The molecule has 1 fully saturated rings. The van der Waals surface area contributed by atoms with E-state index in [0.717, 1.165) is 11.8 Å². The summed E-state index contributed by atoms with van der Waals surface area (Å²) < 4.78 is 4.92. The van der Waals surface area contributed by atoms with Crippen LogP contribution in [0.2, 0.25) is 0 Å². The highest BCUT2D eigenvalue weighted by atomic mass is 32.2. The SMILES string of the molecule is COCCCN1C(=O)C[C@H](Sc2ccccc2C(=O)O)C1=O. The third-order valence-corrected chi connectivity index (χ3v) is 4.58. The van der Waals surface area contributed by atoms with E-state index >= 15 is 0 Å². The predicted octanol–water partition coefficient (Wildman–Crippen LogP) is 1.64. The number of imide groups is 1. The van der Waals surface area contributed by atoms with E-state index in [9.17, 15) is 14.4 Å². The molecule has 1 heterocycles. The van der Waals surface area contributed by atoms with Crippen LogP contribution < -0.4 is 0 Å². The summed E-state index contributed by atoms with van der Waals surface area (Å²) in [6, 6.07) is 6.49. The average Bonchev–Trinajstić information content (AvgIpc) is 2.75. The summed E-state index contributed by atoms with van der Waals surface area (Å²) in [6.07, 6.45) is 0.696. The van der Waals surface area contributed by atoms with Gasteiger partial charge >= 0.3 is 5.97 Å². The van der Waals surface area contributed by atoms with Gasteiger partial charge in [0.25, 0.3) is 0 Å². The van der Waals surface area contributed by atoms with Gasteiger partial charge in [-0.3, -0.25) is 14.5 Å². The first kappa shape index (κ1) is 16.5. The van der Waals surface area contributed by atoms with Gasteiger partial charge in [-0.05, 0) is 18.6 Å². The van der Waals surface area contributed by atoms with E-state index in [1.54, 1.807) is 25.3 Å². The lowest BCUT2D eigenvalue weighted by molar-refractivity contribution is -0.138. The minimum Gasteiger partial charge on any atom is -0.478 e. The highest BCUT2D eigenvalue weighted by Gasteiger charge is 2.39. The Morgan fingerprint density at radius 3 is 2.82 bits per heavy atom. The second-order valence-electron chi connectivity index (χ2n) is 4.84. The molecule has 118 valence electrons. The fraction of sp³-hybridized carbons (Fsp3) is 0.400. The molecule has 1 atom stereocenters. The van der Waals surface area contributed by atoms with Gasteiger partial charge in [0.05, 0.1) is 10.8 Å². The van der Waals surface area contributed by atoms with Crippen LogP contribution in [-0.4, -0.2) is 53.3 Å². The molecule has 2 amide bonds. The Morgan fingerprint density at radius 1 is 1.41 bits per heavy atom. The first-order valence-corrected chi connectivity index (χ1v) is 7.74. The molecule has 7 heteroatoms. The molecular weight excluding hydrogens is 306 g/mol. The summed E-state index contributed by atoms with van der Waals surface area (Å²) in [5.74, 6) is -1.52. The van der Waals surface area contributed by atoms with Gasteiger partial charge in [0, 0.05) is 31.6 Å². The highest BCUT2D eigenvalue weighted by Crippen LogP contribution is 2.33. The van der Waals surface area contributed by atoms with Crippen LogP contribution in [0.3, 0.4) is 0 Å². The van der Waals surface area contributed by atoms with E-state index in [0.29, 0.717) is 24.5 Å². The van der Waals surface area contributed by atoms with E-state index in [-0.39, 0.29) is 23.8 Å². The zero-order valence-corrected chi connectivity index (χ0v) is 13.0. The average molecular weight is 323 g/mol. The Bertz CT molecular complexity index is 589. The molecular formula is C15H17NO5S. The first-order chi connectivity index (χ1) is 10.5. The van der Waals surface area contributed by atoms with Crippen LogP contribution in [0.1, 0.15) is 23.2 Å².